The minimum atomic E-state index is -3.91. The van der Waals surface area contributed by atoms with Crippen molar-refractivity contribution >= 4 is 27.3 Å². The van der Waals surface area contributed by atoms with Gasteiger partial charge in [0.1, 0.15) is 9.77 Å². The maximum Gasteiger partial charge on any atom is 0.347 e. The summed E-state index contributed by atoms with van der Waals surface area (Å²) in [5.41, 5.74) is 0. The number of carboxylic acid groups (broad SMARTS) is 1. The van der Waals surface area contributed by atoms with Gasteiger partial charge in [0, 0.05) is 0 Å². The minimum absolute atomic E-state index is 0. The Morgan fingerprint density at radius 2 is 2.08 bits per heavy atom. The Bertz CT molecular complexity index is 406. The van der Waals surface area contributed by atoms with Crippen LogP contribution in [-0.4, -0.2) is 25.0 Å². The summed E-state index contributed by atoms with van der Waals surface area (Å²) in [5.74, 6) is -1.28. The van der Waals surface area contributed by atoms with Crippen molar-refractivity contribution in [3.8, 4) is 0 Å². The minimum Gasteiger partial charge on any atom is -0.477 e. The van der Waals surface area contributed by atoms with E-state index in [0.717, 1.165) is 11.3 Å². The second-order valence-corrected chi connectivity index (χ2v) is 4.41. The number of carbonyl (C=O) groups is 1. The maximum absolute atomic E-state index is 10.7. The average Bonchev–Trinajstić information content (AvgIpc) is 2.30. The van der Waals surface area contributed by atoms with Crippen LogP contribution in [0.25, 0.3) is 0 Å². The van der Waals surface area contributed by atoms with Crippen molar-refractivity contribution in [2.45, 2.75) is 4.90 Å². The fraction of sp³-hybridized carbons (Fsp3) is 0. The zero-order chi connectivity index (χ0) is 9.35. The number of carboxylic acids is 1. The molecule has 1 aromatic rings. The summed E-state index contributed by atoms with van der Waals surface area (Å²) < 4.78 is 21.5. The van der Waals surface area contributed by atoms with E-state index in [4.69, 9.17) is 10.2 Å². The van der Waals surface area contributed by atoms with Crippen LogP contribution in [0.5, 0.6) is 0 Å². The van der Waals surface area contributed by atoms with Gasteiger partial charge >= 0.3 is 5.97 Å². The highest BCUT2D eigenvalue weighted by Crippen LogP contribution is 2.20. The fourth-order valence-electron chi connectivity index (χ4n) is 0.677. The third kappa shape index (κ3) is 2.49. The highest BCUT2D eigenvalue weighted by molar-refractivity contribution is 7.89. The van der Waals surface area contributed by atoms with Crippen LogP contribution in [0.2, 0.25) is 0 Å². The number of rotatable bonds is 2. The second kappa shape index (κ2) is 3.83. The van der Waals surface area contributed by atoms with Crippen LogP contribution in [0.4, 0.5) is 0 Å². The van der Waals surface area contributed by atoms with Gasteiger partial charge in [-0.25, -0.2) is 18.4 Å². The molecule has 0 bridgehead atoms. The molecule has 0 fully saturated rings. The van der Waals surface area contributed by atoms with Gasteiger partial charge in [0.15, 0.2) is 0 Å². The fourth-order valence-corrected chi connectivity index (χ4v) is 2.49. The van der Waals surface area contributed by atoms with E-state index < -0.39 is 16.0 Å². The van der Waals surface area contributed by atoms with Crippen LogP contribution in [-0.2, 0) is 10.0 Å². The Morgan fingerprint density at radius 1 is 1.54 bits per heavy atom. The van der Waals surface area contributed by atoms with E-state index in [0.29, 0.717) is 0 Å². The predicted molar refractivity (Wildman–Crippen MR) is 46.3 cm³/mol. The summed E-state index contributed by atoms with van der Waals surface area (Å²) in [7, 11) is -3.91. The van der Waals surface area contributed by atoms with Crippen molar-refractivity contribution in [3.63, 3.8) is 0 Å². The van der Waals surface area contributed by atoms with Gasteiger partial charge in [0.05, 0.1) is 0 Å². The van der Waals surface area contributed by atoms with E-state index in [2.05, 4.69) is 0 Å². The quantitative estimate of drug-likeness (QED) is 0.687. The molecule has 0 unspecified atom stereocenters. The number of hydrogen-bond donors (Lipinski definition) is 2. The monoisotopic (exact) mass is 225 g/mol. The molecule has 0 saturated heterocycles. The zero-order valence-electron chi connectivity index (χ0n) is 6.22. The molecule has 0 spiro atoms. The Kier molecular flexibility index (Phi) is 3.55. The lowest BCUT2D eigenvalue weighted by molar-refractivity contribution is 0.0698. The summed E-state index contributed by atoms with van der Waals surface area (Å²) in [6, 6.07) is 1.17. The van der Waals surface area contributed by atoms with Gasteiger partial charge in [0.25, 0.3) is 0 Å². The molecule has 13 heavy (non-hydrogen) atoms. The normalized spacial score (nSPS) is 10.5. The molecule has 0 atom stereocenters. The summed E-state index contributed by atoms with van der Waals surface area (Å²) in [4.78, 5) is 9.83. The predicted octanol–water partition coefficient (Wildman–Crippen LogP) is -0.731. The number of thiophene rings is 1. The number of hydrogen-bond acceptors (Lipinski definition) is 4. The maximum atomic E-state index is 10.7. The van der Waals surface area contributed by atoms with E-state index in [1.54, 1.807) is 0 Å². The smallest absolute Gasteiger partial charge is 0.347 e. The number of aromatic carboxylic acids is 1. The Balaban J connectivity index is 0.00000144. The Hall–Kier alpha value is -0.960. The third-order valence-corrected chi connectivity index (χ3v) is 3.11. The Morgan fingerprint density at radius 3 is 2.38 bits per heavy atom. The van der Waals surface area contributed by atoms with E-state index in [1.807, 2.05) is 0 Å². The van der Waals surface area contributed by atoms with Crippen LogP contribution in [0, 0.1) is 0 Å². The molecule has 0 radical (unpaired) electrons. The van der Waals surface area contributed by atoms with Crippen molar-refractivity contribution in [1.29, 1.82) is 0 Å². The van der Waals surface area contributed by atoms with Gasteiger partial charge < -0.3 is 10.6 Å². The lowest BCUT2D eigenvalue weighted by Crippen LogP contribution is -2.14. The molecule has 0 amide bonds. The van der Waals surface area contributed by atoms with E-state index in [9.17, 15) is 13.2 Å². The molecule has 5 N–H and O–H groups in total. The first-order valence-electron chi connectivity index (χ1n) is 2.76. The van der Waals surface area contributed by atoms with Crippen molar-refractivity contribution in [3.05, 3.63) is 16.3 Å². The first-order valence-corrected chi connectivity index (χ1v) is 5.19. The molecule has 1 aromatic heterocycles. The van der Waals surface area contributed by atoms with E-state index in [-0.39, 0.29) is 15.2 Å². The number of nitrogens with two attached hydrogens (primary N) is 1. The largest absolute Gasteiger partial charge is 0.477 e. The van der Waals surface area contributed by atoms with Gasteiger partial charge in [-0.2, -0.15) is 0 Å². The van der Waals surface area contributed by atoms with Crippen LogP contribution in [0.15, 0.2) is 16.3 Å². The molecule has 1 heterocycles. The van der Waals surface area contributed by atoms with E-state index in [1.165, 1.54) is 11.4 Å². The van der Waals surface area contributed by atoms with Crippen LogP contribution in [0.3, 0.4) is 0 Å². The van der Waals surface area contributed by atoms with Gasteiger partial charge in [-0.05, 0) is 11.4 Å². The van der Waals surface area contributed by atoms with Crippen LogP contribution < -0.4 is 5.14 Å². The van der Waals surface area contributed by atoms with Crippen molar-refractivity contribution in [1.82, 2.24) is 0 Å². The summed E-state index contributed by atoms with van der Waals surface area (Å²) in [5, 5.41) is 14.6. The standard InChI is InChI=1S/C5H5NO4S2.H2O/c6-12(9,10)3-1-2-11-4(3)5(7)8;/h1-2H,(H,7,8)(H2,6,9,10);1H2. The van der Waals surface area contributed by atoms with Crippen molar-refractivity contribution in [2.24, 2.45) is 5.14 Å². The molecule has 0 aliphatic carbocycles. The molecule has 1 rings (SSSR count). The van der Waals surface area contributed by atoms with Crippen LogP contribution >= 0.6 is 11.3 Å². The molecule has 8 heteroatoms. The second-order valence-electron chi connectivity index (χ2n) is 1.96. The molecular weight excluding hydrogens is 218 g/mol. The highest BCUT2D eigenvalue weighted by atomic mass is 32.2. The van der Waals surface area contributed by atoms with Crippen LogP contribution in [0.1, 0.15) is 9.67 Å². The average molecular weight is 225 g/mol. The SMILES string of the molecule is NS(=O)(=O)c1ccsc1C(=O)O.O. The lowest BCUT2D eigenvalue weighted by atomic mass is 10.5. The van der Waals surface area contributed by atoms with Crippen molar-refractivity contribution in [2.75, 3.05) is 0 Å². The molecule has 6 nitrogen and oxygen atoms in total. The summed E-state index contributed by atoms with van der Waals surface area (Å²) >= 11 is 0.826. The number of primary sulfonamides is 1. The molecule has 0 aromatic carbocycles. The third-order valence-electron chi connectivity index (χ3n) is 1.13. The Labute approximate surface area is 78.0 Å². The van der Waals surface area contributed by atoms with Gasteiger partial charge in [-0.3, -0.25) is 0 Å². The number of sulfonamides is 1. The first-order chi connectivity index (χ1) is 5.43. The summed E-state index contributed by atoms with van der Waals surface area (Å²) in [6.45, 7) is 0. The van der Waals surface area contributed by atoms with E-state index >= 15 is 0 Å². The molecule has 74 valence electrons. The first kappa shape index (κ1) is 12.0. The summed E-state index contributed by atoms with van der Waals surface area (Å²) in [6.07, 6.45) is 0. The topological polar surface area (TPSA) is 129 Å². The van der Waals surface area contributed by atoms with Gasteiger partial charge in [-0.15, -0.1) is 11.3 Å². The highest BCUT2D eigenvalue weighted by Gasteiger charge is 2.19. The molecule has 0 aliphatic heterocycles. The van der Waals surface area contributed by atoms with Crippen molar-refractivity contribution < 1.29 is 23.8 Å². The lowest BCUT2D eigenvalue weighted by Gasteiger charge is -1.94. The van der Waals surface area contributed by atoms with Gasteiger partial charge in [0.2, 0.25) is 10.0 Å². The molecule has 0 saturated carbocycles. The van der Waals surface area contributed by atoms with Gasteiger partial charge in [-0.1, -0.05) is 0 Å². The zero-order valence-corrected chi connectivity index (χ0v) is 7.85. The molecule has 0 aliphatic rings. The molecular formula is C5H7NO5S2.